The van der Waals surface area contributed by atoms with E-state index in [4.69, 9.17) is 4.74 Å². The maximum absolute atomic E-state index is 12.1. The summed E-state index contributed by atoms with van der Waals surface area (Å²) in [6, 6.07) is 9.65. The van der Waals surface area contributed by atoms with Gasteiger partial charge in [-0.2, -0.15) is 0 Å². The highest BCUT2D eigenvalue weighted by atomic mass is 16.5. The molecule has 3 fully saturated rings. The second-order valence-corrected chi connectivity index (χ2v) is 10.6. The molecule has 0 saturated heterocycles. The predicted octanol–water partition coefficient (Wildman–Crippen LogP) is 4.81. The summed E-state index contributed by atoms with van der Waals surface area (Å²) in [5, 5.41) is 21.7. The Balaban J connectivity index is 1.49. The summed E-state index contributed by atoms with van der Waals surface area (Å²) >= 11 is 0. The monoisotopic (exact) mass is 422 g/mol. The lowest BCUT2D eigenvalue weighted by Gasteiger charge is -2.59. The number of aliphatic hydroxyl groups is 2. The molecule has 3 saturated carbocycles. The van der Waals surface area contributed by atoms with Gasteiger partial charge in [0.2, 0.25) is 0 Å². The van der Waals surface area contributed by atoms with Crippen LogP contribution in [0.25, 0.3) is 0 Å². The fourth-order valence-corrected chi connectivity index (χ4v) is 7.78. The topological polar surface area (TPSA) is 66.8 Å². The average Bonchev–Trinajstić information content (AvgIpc) is 3.09. The van der Waals surface area contributed by atoms with E-state index in [2.05, 4.69) is 13.8 Å². The Morgan fingerprint density at radius 3 is 2.61 bits per heavy atom. The van der Waals surface area contributed by atoms with Gasteiger partial charge in [0.05, 0.1) is 6.10 Å². The Morgan fingerprint density at radius 2 is 1.87 bits per heavy atom. The Morgan fingerprint density at radius 1 is 1.10 bits per heavy atom. The molecule has 166 valence electrons. The number of rotatable bonds is 3. The van der Waals surface area contributed by atoms with Gasteiger partial charge in [0.15, 0.2) is 5.78 Å². The van der Waals surface area contributed by atoms with Gasteiger partial charge in [0, 0.05) is 6.42 Å². The molecule has 4 heteroatoms. The molecule has 6 atom stereocenters. The van der Waals surface area contributed by atoms with Crippen LogP contribution in [-0.2, 0) is 4.79 Å². The van der Waals surface area contributed by atoms with Crippen LogP contribution in [0.4, 0.5) is 0 Å². The number of ether oxygens (including phenoxy) is 1. The van der Waals surface area contributed by atoms with E-state index in [0.29, 0.717) is 30.4 Å². The standard InChI is InChI=1S/C27H34O4/c1-26-13-12-18(29)14-17(26)8-9-20-21-10-11-22(27(21,2)15-23(30)25(20)26)24(16-28)31-19-6-4-3-5-7-19/h3-7,14,20-21,23,25,28,30H,8-13,15-16H2,1-2H3/b24-22+/t20-,21-,23-,25+,26-,27-/m0/s1. The first kappa shape index (κ1) is 21.0. The van der Waals surface area contributed by atoms with Crippen LogP contribution in [0.2, 0.25) is 0 Å². The maximum Gasteiger partial charge on any atom is 0.155 e. The molecule has 0 amide bonds. The molecule has 5 rings (SSSR count). The minimum atomic E-state index is -0.405. The Hall–Kier alpha value is -1.91. The quantitative estimate of drug-likeness (QED) is 0.686. The van der Waals surface area contributed by atoms with Gasteiger partial charge in [-0.25, -0.2) is 0 Å². The van der Waals surface area contributed by atoms with Gasteiger partial charge in [0.1, 0.15) is 18.1 Å². The summed E-state index contributed by atoms with van der Waals surface area (Å²) in [6.07, 6.45) is 7.65. The maximum atomic E-state index is 12.1. The number of para-hydroxylation sites is 1. The zero-order valence-corrected chi connectivity index (χ0v) is 18.6. The van der Waals surface area contributed by atoms with Gasteiger partial charge in [-0.1, -0.05) is 37.6 Å². The Bertz CT molecular complexity index is 932. The van der Waals surface area contributed by atoms with Crippen LogP contribution in [0.1, 0.15) is 58.8 Å². The normalized spacial score (nSPS) is 41.0. The number of ketones is 1. The van der Waals surface area contributed by atoms with Crippen LogP contribution in [0.3, 0.4) is 0 Å². The van der Waals surface area contributed by atoms with E-state index in [1.165, 1.54) is 11.1 Å². The molecule has 0 heterocycles. The molecule has 0 unspecified atom stereocenters. The van der Waals surface area contributed by atoms with Crippen LogP contribution in [-0.4, -0.2) is 28.7 Å². The fraction of sp³-hybridized carbons (Fsp3) is 0.593. The third kappa shape index (κ3) is 3.22. The minimum Gasteiger partial charge on any atom is -0.459 e. The molecule has 2 N–H and O–H groups in total. The van der Waals surface area contributed by atoms with Crippen molar-refractivity contribution in [3.05, 3.63) is 53.3 Å². The summed E-state index contributed by atoms with van der Waals surface area (Å²) in [7, 11) is 0. The van der Waals surface area contributed by atoms with Crippen LogP contribution in [0.15, 0.2) is 53.3 Å². The molecule has 0 bridgehead atoms. The van der Waals surface area contributed by atoms with Crippen molar-refractivity contribution in [3.63, 3.8) is 0 Å². The molecule has 4 nitrogen and oxygen atoms in total. The zero-order chi connectivity index (χ0) is 21.8. The molecule has 0 aromatic heterocycles. The average molecular weight is 423 g/mol. The van der Waals surface area contributed by atoms with Crippen molar-refractivity contribution in [1.29, 1.82) is 0 Å². The highest BCUT2D eigenvalue weighted by molar-refractivity contribution is 5.91. The molecule has 0 radical (unpaired) electrons. The van der Waals surface area contributed by atoms with Crippen molar-refractivity contribution in [1.82, 2.24) is 0 Å². The summed E-state index contributed by atoms with van der Waals surface area (Å²) in [6.45, 7) is 4.45. The van der Waals surface area contributed by atoms with Gasteiger partial charge >= 0.3 is 0 Å². The number of allylic oxidation sites excluding steroid dienone is 2. The lowest BCUT2D eigenvalue weighted by molar-refractivity contribution is -0.124. The first-order valence-corrected chi connectivity index (χ1v) is 11.8. The Kier molecular flexibility index (Phi) is 5.14. The van der Waals surface area contributed by atoms with Gasteiger partial charge in [-0.3, -0.25) is 4.79 Å². The van der Waals surface area contributed by atoms with Crippen LogP contribution in [0, 0.1) is 28.6 Å². The van der Waals surface area contributed by atoms with E-state index in [-0.39, 0.29) is 29.1 Å². The minimum absolute atomic E-state index is 0.0651. The van der Waals surface area contributed by atoms with E-state index in [1.54, 1.807) is 0 Å². The van der Waals surface area contributed by atoms with E-state index >= 15 is 0 Å². The first-order chi connectivity index (χ1) is 14.9. The lowest BCUT2D eigenvalue weighted by atomic mass is 9.46. The van der Waals surface area contributed by atoms with E-state index < -0.39 is 6.10 Å². The number of fused-ring (bicyclic) bond motifs is 5. The molecule has 0 spiro atoms. The SMILES string of the molecule is C[C@]12CCC(=O)C=C1CC[C@@H]1[C@@H]2[C@@H](O)C[C@]2(C)/C(=C(\CO)Oc3ccccc3)CC[C@@H]12. The largest absolute Gasteiger partial charge is 0.459 e. The Labute approximate surface area is 185 Å². The second kappa shape index (κ2) is 7.60. The van der Waals surface area contributed by atoms with Crippen molar-refractivity contribution in [2.75, 3.05) is 6.61 Å². The summed E-state index contributed by atoms with van der Waals surface area (Å²) in [5.41, 5.74) is 2.23. The lowest BCUT2D eigenvalue weighted by Crippen LogP contribution is -2.55. The molecule has 4 aliphatic carbocycles. The van der Waals surface area contributed by atoms with E-state index in [9.17, 15) is 15.0 Å². The fourth-order valence-electron chi connectivity index (χ4n) is 7.78. The highest BCUT2D eigenvalue weighted by Gasteiger charge is 2.61. The van der Waals surface area contributed by atoms with Crippen molar-refractivity contribution in [2.45, 2.75) is 64.9 Å². The molecule has 1 aromatic carbocycles. The first-order valence-electron chi connectivity index (χ1n) is 11.8. The molecular formula is C27H34O4. The summed E-state index contributed by atoms with van der Waals surface area (Å²) in [5.74, 6) is 2.79. The van der Waals surface area contributed by atoms with Crippen molar-refractivity contribution >= 4 is 5.78 Å². The molecular weight excluding hydrogens is 388 g/mol. The van der Waals surface area contributed by atoms with Gasteiger partial charge < -0.3 is 14.9 Å². The summed E-state index contributed by atoms with van der Waals surface area (Å²) in [4.78, 5) is 12.1. The van der Waals surface area contributed by atoms with Crippen molar-refractivity contribution in [3.8, 4) is 5.75 Å². The van der Waals surface area contributed by atoms with E-state index in [1.807, 2.05) is 36.4 Å². The summed E-state index contributed by atoms with van der Waals surface area (Å²) < 4.78 is 6.15. The van der Waals surface area contributed by atoms with Crippen LogP contribution in [0.5, 0.6) is 5.75 Å². The highest BCUT2D eigenvalue weighted by Crippen LogP contribution is 2.66. The molecule has 4 aliphatic rings. The van der Waals surface area contributed by atoms with Crippen LogP contribution < -0.4 is 4.74 Å². The van der Waals surface area contributed by atoms with Crippen LogP contribution >= 0.6 is 0 Å². The van der Waals surface area contributed by atoms with Gasteiger partial charge in [-0.15, -0.1) is 0 Å². The predicted molar refractivity (Wildman–Crippen MR) is 119 cm³/mol. The number of aliphatic hydroxyl groups excluding tert-OH is 2. The van der Waals surface area contributed by atoms with E-state index in [0.717, 1.165) is 37.9 Å². The van der Waals surface area contributed by atoms with Gasteiger partial charge in [0.25, 0.3) is 0 Å². The molecule has 1 aromatic rings. The number of carbonyl (C=O) groups is 1. The third-order valence-corrected chi connectivity index (χ3v) is 9.15. The van der Waals surface area contributed by atoms with Crippen molar-refractivity contribution in [2.24, 2.45) is 28.6 Å². The number of hydrogen-bond donors (Lipinski definition) is 2. The van der Waals surface area contributed by atoms with Crippen molar-refractivity contribution < 1.29 is 19.7 Å². The second-order valence-electron chi connectivity index (χ2n) is 10.6. The third-order valence-electron chi connectivity index (χ3n) is 9.15. The number of carbonyl (C=O) groups excluding carboxylic acids is 1. The van der Waals surface area contributed by atoms with Gasteiger partial charge in [-0.05, 0) is 90.9 Å². The number of hydrogen-bond acceptors (Lipinski definition) is 4. The number of benzene rings is 1. The smallest absolute Gasteiger partial charge is 0.155 e. The molecule has 0 aliphatic heterocycles. The zero-order valence-electron chi connectivity index (χ0n) is 18.6. The molecule has 31 heavy (non-hydrogen) atoms.